The van der Waals surface area contributed by atoms with E-state index in [1.807, 2.05) is 0 Å². The SMILES string of the molecule is CCn1nc(C(=O)NNC(=O)[C@H](C)Oc2ccc(F)cc2)c2ccccc2c1=O. The Morgan fingerprint density at radius 1 is 1.10 bits per heavy atom. The Kier molecular flexibility index (Phi) is 5.87. The van der Waals surface area contributed by atoms with Gasteiger partial charge in [-0.15, -0.1) is 0 Å². The van der Waals surface area contributed by atoms with E-state index in [-0.39, 0.29) is 11.3 Å². The van der Waals surface area contributed by atoms with Crippen LogP contribution in [0.25, 0.3) is 10.8 Å². The van der Waals surface area contributed by atoms with Crippen molar-refractivity contribution in [3.63, 3.8) is 0 Å². The Bertz CT molecular complexity index is 1110. The Hall–Kier alpha value is -3.75. The zero-order valence-electron chi connectivity index (χ0n) is 15.8. The highest BCUT2D eigenvalue weighted by Crippen LogP contribution is 2.14. The van der Waals surface area contributed by atoms with Crippen LogP contribution in [0.2, 0.25) is 0 Å². The second-order valence-corrected chi connectivity index (χ2v) is 6.17. The molecule has 3 aromatic rings. The van der Waals surface area contributed by atoms with E-state index >= 15 is 0 Å². The number of halogens is 1. The molecule has 3 rings (SSSR count). The fraction of sp³-hybridized carbons (Fsp3) is 0.200. The third kappa shape index (κ3) is 4.40. The zero-order valence-corrected chi connectivity index (χ0v) is 15.8. The van der Waals surface area contributed by atoms with E-state index in [0.717, 1.165) is 0 Å². The van der Waals surface area contributed by atoms with E-state index in [1.54, 1.807) is 31.2 Å². The van der Waals surface area contributed by atoms with Crippen LogP contribution in [-0.2, 0) is 11.3 Å². The predicted octanol–water partition coefficient (Wildman–Crippen LogP) is 1.78. The number of fused-ring (bicyclic) bond motifs is 1. The van der Waals surface area contributed by atoms with Gasteiger partial charge in [0.15, 0.2) is 11.8 Å². The maximum Gasteiger partial charge on any atom is 0.290 e. The summed E-state index contributed by atoms with van der Waals surface area (Å²) < 4.78 is 19.5. The van der Waals surface area contributed by atoms with Gasteiger partial charge in [0.05, 0.1) is 5.39 Å². The molecular formula is C20H19FN4O4. The highest BCUT2D eigenvalue weighted by molar-refractivity contribution is 6.05. The lowest BCUT2D eigenvalue weighted by Crippen LogP contribution is -2.47. The Morgan fingerprint density at radius 3 is 2.41 bits per heavy atom. The van der Waals surface area contributed by atoms with Crippen LogP contribution < -0.4 is 21.1 Å². The summed E-state index contributed by atoms with van der Waals surface area (Å²) in [5.41, 5.74) is 4.25. The molecule has 0 saturated heterocycles. The van der Waals surface area contributed by atoms with Crippen molar-refractivity contribution >= 4 is 22.6 Å². The number of hydrogen-bond acceptors (Lipinski definition) is 5. The first-order valence-corrected chi connectivity index (χ1v) is 8.93. The molecule has 0 radical (unpaired) electrons. The number of nitrogens with one attached hydrogen (secondary N) is 2. The van der Waals surface area contributed by atoms with Crippen molar-refractivity contribution in [2.75, 3.05) is 0 Å². The number of rotatable bonds is 5. The van der Waals surface area contributed by atoms with Gasteiger partial charge in [-0.05, 0) is 44.2 Å². The van der Waals surface area contributed by atoms with Crippen LogP contribution in [-0.4, -0.2) is 27.7 Å². The van der Waals surface area contributed by atoms with Gasteiger partial charge < -0.3 is 4.74 Å². The van der Waals surface area contributed by atoms with Crippen LogP contribution in [0.15, 0.2) is 53.3 Å². The molecule has 2 amide bonds. The number of ether oxygens (including phenoxy) is 1. The van der Waals surface area contributed by atoms with Crippen LogP contribution >= 0.6 is 0 Å². The Labute approximate surface area is 165 Å². The molecule has 1 aromatic heterocycles. The third-order valence-electron chi connectivity index (χ3n) is 4.18. The largest absolute Gasteiger partial charge is 0.481 e. The fourth-order valence-electron chi connectivity index (χ4n) is 2.67. The first kappa shape index (κ1) is 20.0. The number of amides is 2. The van der Waals surface area contributed by atoms with E-state index < -0.39 is 23.7 Å². The highest BCUT2D eigenvalue weighted by atomic mass is 19.1. The van der Waals surface area contributed by atoms with Crippen molar-refractivity contribution in [3.8, 4) is 5.75 Å². The number of hydrazine groups is 1. The molecular weight excluding hydrogens is 379 g/mol. The topological polar surface area (TPSA) is 102 Å². The van der Waals surface area contributed by atoms with Gasteiger partial charge in [-0.3, -0.25) is 25.2 Å². The van der Waals surface area contributed by atoms with Gasteiger partial charge in [0.2, 0.25) is 0 Å². The van der Waals surface area contributed by atoms with Crippen LogP contribution in [0.5, 0.6) is 5.75 Å². The lowest BCUT2D eigenvalue weighted by molar-refractivity contribution is -0.128. The number of carbonyl (C=O) groups is 2. The smallest absolute Gasteiger partial charge is 0.290 e. The monoisotopic (exact) mass is 398 g/mol. The summed E-state index contributed by atoms with van der Waals surface area (Å²) in [6.45, 7) is 3.51. The molecule has 8 nitrogen and oxygen atoms in total. The van der Waals surface area contributed by atoms with Gasteiger partial charge in [0, 0.05) is 11.9 Å². The minimum atomic E-state index is -0.949. The van der Waals surface area contributed by atoms with E-state index in [9.17, 15) is 18.8 Å². The van der Waals surface area contributed by atoms with Gasteiger partial charge in [-0.2, -0.15) is 5.10 Å². The first-order valence-electron chi connectivity index (χ1n) is 8.93. The minimum absolute atomic E-state index is 0.00876. The summed E-state index contributed by atoms with van der Waals surface area (Å²) in [5, 5.41) is 4.83. The maximum absolute atomic E-state index is 12.9. The van der Waals surface area contributed by atoms with Crippen molar-refractivity contribution in [1.29, 1.82) is 0 Å². The normalized spacial score (nSPS) is 11.7. The van der Waals surface area contributed by atoms with E-state index in [4.69, 9.17) is 4.74 Å². The number of benzene rings is 2. The highest BCUT2D eigenvalue weighted by Gasteiger charge is 2.19. The summed E-state index contributed by atoms with van der Waals surface area (Å²) >= 11 is 0. The van der Waals surface area contributed by atoms with Gasteiger partial charge in [0.25, 0.3) is 17.4 Å². The molecule has 0 spiro atoms. The van der Waals surface area contributed by atoms with Gasteiger partial charge in [-0.1, -0.05) is 18.2 Å². The summed E-state index contributed by atoms with van der Waals surface area (Å²) in [4.78, 5) is 37.1. The Morgan fingerprint density at radius 2 is 1.76 bits per heavy atom. The molecule has 1 heterocycles. The second-order valence-electron chi connectivity index (χ2n) is 6.17. The van der Waals surface area contributed by atoms with Crippen LogP contribution in [0, 0.1) is 5.82 Å². The summed E-state index contributed by atoms with van der Waals surface area (Å²) in [6, 6.07) is 11.8. The number of carbonyl (C=O) groups excluding carboxylic acids is 2. The van der Waals surface area contributed by atoms with E-state index in [1.165, 1.54) is 35.9 Å². The summed E-state index contributed by atoms with van der Waals surface area (Å²) in [7, 11) is 0. The lowest BCUT2D eigenvalue weighted by Gasteiger charge is -2.15. The molecule has 9 heteroatoms. The molecule has 150 valence electrons. The molecule has 0 unspecified atom stereocenters. The number of hydrogen-bond donors (Lipinski definition) is 2. The maximum atomic E-state index is 12.9. The average molecular weight is 398 g/mol. The van der Waals surface area contributed by atoms with Crippen LogP contribution in [0.1, 0.15) is 24.3 Å². The Balaban J connectivity index is 1.72. The van der Waals surface area contributed by atoms with Gasteiger partial charge >= 0.3 is 0 Å². The predicted molar refractivity (Wildman–Crippen MR) is 104 cm³/mol. The quantitative estimate of drug-likeness (QED) is 0.638. The molecule has 0 aliphatic carbocycles. The van der Waals surface area contributed by atoms with Crippen molar-refractivity contribution in [3.05, 3.63) is 70.4 Å². The van der Waals surface area contributed by atoms with E-state index in [0.29, 0.717) is 23.1 Å². The second kappa shape index (κ2) is 8.51. The fourth-order valence-corrected chi connectivity index (χ4v) is 2.67. The molecule has 0 aliphatic heterocycles. The summed E-state index contributed by atoms with van der Waals surface area (Å²) in [6.07, 6.45) is -0.949. The van der Waals surface area contributed by atoms with Gasteiger partial charge in [0.1, 0.15) is 11.6 Å². The molecule has 2 N–H and O–H groups in total. The first-order chi connectivity index (χ1) is 13.9. The molecule has 0 saturated carbocycles. The van der Waals surface area contributed by atoms with Crippen molar-refractivity contribution < 1.29 is 18.7 Å². The van der Waals surface area contributed by atoms with Crippen molar-refractivity contribution in [1.82, 2.24) is 20.6 Å². The van der Waals surface area contributed by atoms with Gasteiger partial charge in [-0.25, -0.2) is 9.07 Å². The average Bonchev–Trinajstić information content (AvgIpc) is 2.73. The molecule has 1 atom stereocenters. The van der Waals surface area contributed by atoms with Crippen molar-refractivity contribution in [2.45, 2.75) is 26.5 Å². The molecule has 0 aliphatic rings. The lowest BCUT2D eigenvalue weighted by atomic mass is 10.1. The van der Waals surface area contributed by atoms with E-state index in [2.05, 4.69) is 16.0 Å². The van der Waals surface area contributed by atoms with Crippen LogP contribution in [0.3, 0.4) is 0 Å². The molecule has 29 heavy (non-hydrogen) atoms. The van der Waals surface area contributed by atoms with Crippen LogP contribution in [0.4, 0.5) is 4.39 Å². The number of aryl methyl sites for hydroxylation is 1. The molecule has 2 aromatic carbocycles. The van der Waals surface area contributed by atoms with Crippen molar-refractivity contribution in [2.24, 2.45) is 0 Å². The molecule has 0 bridgehead atoms. The minimum Gasteiger partial charge on any atom is -0.481 e. The zero-order chi connectivity index (χ0) is 21.0. The number of nitrogens with zero attached hydrogens (tertiary/aromatic N) is 2. The number of aromatic nitrogens is 2. The summed E-state index contributed by atoms with van der Waals surface area (Å²) in [5.74, 6) is -1.40. The third-order valence-corrected chi connectivity index (χ3v) is 4.18. The standard InChI is InChI=1S/C20H19FN4O4/c1-3-25-20(28)16-7-5-4-6-15(16)17(24-25)19(27)23-22-18(26)12(2)29-14-10-8-13(21)9-11-14/h4-12H,3H2,1-2H3,(H,22,26)(H,23,27)/t12-/m0/s1. The molecule has 0 fully saturated rings.